The topological polar surface area (TPSA) is 32.9 Å². The van der Waals surface area contributed by atoms with Gasteiger partial charge >= 0.3 is 0 Å². The zero-order valence-corrected chi connectivity index (χ0v) is 12.2. The maximum Gasteiger partial charge on any atom is 0.192 e. The van der Waals surface area contributed by atoms with Crippen molar-refractivity contribution in [2.24, 2.45) is 0 Å². The van der Waals surface area contributed by atoms with Crippen LogP contribution >= 0.6 is 27.5 Å². The summed E-state index contributed by atoms with van der Waals surface area (Å²) in [5, 5.41) is 1.29. The van der Waals surface area contributed by atoms with Crippen molar-refractivity contribution < 1.29 is 0 Å². The summed E-state index contributed by atoms with van der Waals surface area (Å²) >= 11 is 9.61. The zero-order valence-electron chi connectivity index (χ0n) is 9.85. The maximum absolute atomic E-state index is 12.5. The molecule has 2 aromatic rings. The third-order valence-corrected chi connectivity index (χ3v) is 4.32. The van der Waals surface area contributed by atoms with Crippen LogP contribution in [0.25, 0.3) is 10.9 Å². The van der Waals surface area contributed by atoms with Gasteiger partial charge in [0, 0.05) is 21.1 Å². The smallest absolute Gasteiger partial charge is 0.192 e. The highest BCUT2D eigenvalue weighted by molar-refractivity contribution is 9.10. The van der Waals surface area contributed by atoms with Gasteiger partial charge in [-0.15, -0.1) is 0 Å². The molecular weight excluding hydrogens is 314 g/mol. The van der Waals surface area contributed by atoms with E-state index >= 15 is 0 Å². The van der Waals surface area contributed by atoms with E-state index in [0.29, 0.717) is 10.4 Å². The van der Waals surface area contributed by atoms with Crippen LogP contribution in [-0.2, 0) is 12.8 Å². The third-order valence-electron chi connectivity index (χ3n) is 3.57. The largest absolute Gasteiger partial charge is 0.357 e. The Bertz CT molecular complexity index is 678. The number of fused-ring (bicyclic) bond motifs is 2. The predicted molar refractivity (Wildman–Crippen MR) is 78.5 cm³/mol. The lowest BCUT2D eigenvalue weighted by Crippen LogP contribution is -2.14. The molecule has 0 fully saturated rings. The fourth-order valence-corrected chi connectivity index (χ4v) is 3.52. The Morgan fingerprint density at radius 2 is 1.94 bits per heavy atom. The number of H-pyrrole nitrogens is 1. The molecule has 0 radical (unpaired) electrons. The molecule has 0 amide bonds. The molecule has 1 aliphatic carbocycles. The van der Waals surface area contributed by atoms with Gasteiger partial charge < -0.3 is 4.98 Å². The molecule has 18 heavy (non-hydrogen) atoms. The van der Waals surface area contributed by atoms with Gasteiger partial charge in [0.05, 0.1) is 10.5 Å². The molecule has 1 heterocycles. The molecule has 4 heteroatoms. The Hall–Kier alpha value is -0.800. The minimum atomic E-state index is 0.142. The molecule has 0 spiro atoms. The van der Waals surface area contributed by atoms with Gasteiger partial charge in [0.25, 0.3) is 0 Å². The lowest BCUT2D eigenvalue weighted by atomic mass is 10.0. The van der Waals surface area contributed by atoms with E-state index in [1.165, 1.54) is 6.42 Å². The van der Waals surface area contributed by atoms with Crippen molar-refractivity contribution in [2.75, 3.05) is 0 Å². The highest BCUT2D eigenvalue weighted by Crippen LogP contribution is 2.27. The average Bonchev–Trinajstić information content (AvgIpc) is 2.56. The maximum atomic E-state index is 12.5. The van der Waals surface area contributed by atoms with E-state index in [1.54, 1.807) is 0 Å². The summed E-state index contributed by atoms with van der Waals surface area (Å²) in [5.41, 5.74) is 2.94. The molecule has 1 aromatic carbocycles. The van der Waals surface area contributed by atoms with Gasteiger partial charge in [0.1, 0.15) is 0 Å². The molecule has 1 N–H and O–H groups in total. The van der Waals surface area contributed by atoms with Crippen LogP contribution in [0.1, 0.15) is 30.5 Å². The molecule has 0 atom stereocenters. The number of aryl methyl sites for hydroxylation is 1. The first-order chi connectivity index (χ1) is 8.66. The Labute approximate surface area is 118 Å². The number of rotatable bonds is 0. The lowest BCUT2D eigenvalue weighted by molar-refractivity contribution is 0.708. The summed E-state index contributed by atoms with van der Waals surface area (Å²) in [5.74, 6) is 0. The van der Waals surface area contributed by atoms with E-state index in [0.717, 1.165) is 46.9 Å². The monoisotopic (exact) mass is 325 g/mol. The van der Waals surface area contributed by atoms with Gasteiger partial charge in [-0.05, 0) is 37.8 Å². The van der Waals surface area contributed by atoms with Gasteiger partial charge in [-0.1, -0.05) is 34.0 Å². The first kappa shape index (κ1) is 12.2. The van der Waals surface area contributed by atoms with Gasteiger partial charge in [-0.25, -0.2) is 0 Å². The molecule has 0 unspecified atom stereocenters. The number of aromatic nitrogens is 1. The quantitative estimate of drug-likeness (QED) is 0.723. The highest BCUT2D eigenvalue weighted by Gasteiger charge is 2.16. The van der Waals surface area contributed by atoms with Crippen LogP contribution in [0.5, 0.6) is 0 Å². The second-order valence-electron chi connectivity index (χ2n) is 4.78. The summed E-state index contributed by atoms with van der Waals surface area (Å²) in [6, 6.07) is 3.67. The second kappa shape index (κ2) is 4.71. The highest BCUT2D eigenvalue weighted by atomic mass is 79.9. The summed E-state index contributed by atoms with van der Waals surface area (Å²) in [7, 11) is 0. The van der Waals surface area contributed by atoms with Crippen LogP contribution in [0.3, 0.4) is 0 Å². The molecule has 0 aliphatic heterocycles. The van der Waals surface area contributed by atoms with Crippen molar-refractivity contribution in [2.45, 2.75) is 32.1 Å². The van der Waals surface area contributed by atoms with Gasteiger partial charge in [-0.3, -0.25) is 4.79 Å². The van der Waals surface area contributed by atoms with Crippen LogP contribution in [0, 0.1) is 0 Å². The second-order valence-corrected chi connectivity index (χ2v) is 6.10. The minimum Gasteiger partial charge on any atom is -0.357 e. The van der Waals surface area contributed by atoms with Gasteiger partial charge in [0.2, 0.25) is 0 Å². The van der Waals surface area contributed by atoms with E-state index < -0.39 is 0 Å². The SMILES string of the molecule is O=c1c2c([nH]c3c(Cl)cc(Br)cc13)CCCCC2. The first-order valence-corrected chi connectivity index (χ1v) is 7.36. The number of halogens is 2. The molecule has 2 nitrogen and oxygen atoms in total. The number of aromatic amines is 1. The molecule has 0 saturated carbocycles. The lowest BCUT2D eigenvalue weighted by Gasteiger charge is -2.09. The number of hydrogen-bond acceptors (Lipinski definition) is 1. The van der Waals surface area contributed by atoms with Crippen LogP contribution in [0.15, 0.2) is 21.4 Å². The Morgan fingerprint density at radius 1 is 1.17 bits per heavy atom. The van der Waals surface area contributed by atoms with Crippen LogP contribution < -0.4 is 5.43 Å². The Morgan fingerprint density at radius 3 is 2.78 bits per heavy atom. The summed E-state index contributed by atoms with van der Waals surface area (Å²) in [4.78, 5) is 15.9. The minimum absolute atomic E-state index is 0.142. The zero-order chi connectivity index (χ0) is 12.7. The molecule has 1 aliphatic rings. The van der Waals surface area contributed by atoms with Crippen molar-refractivity contribution in [3.63, 3.8) is 0 Å². The van der Waals surface area contributed by atoms with Crippen LogP contribution in [0.2, 0.25) is 5.02 Å². The summed E-state index contributed by atoms with van der Waals surface area (Å²) in [6.45, 7) is 0. The van der Waals surface area contributed by atoms with Crippen LogP contribution in [0.4, 0.5) is 0 Å². The Balaban J connectivity index is 2.38. The average molecular weight is 327 g/mol. The summed E-state index contributed by atoms with van der Waals surface area (Å²) < 4.78 is 0.846. The Kier molecular flexibility index (Phi) is 3.20. The normalized spacial score (nSPS) is 15.4. The van der Waals surface area contributed by atoms with E-state index in [9.17, 15) is 4.79 Å². The van der Waals surface area contributed by atoms with Gasteiger partial charge in [0.15, 0.2) is 5.43 Å². The van der Waals surface area contributed by atoms with Crippen LogP contribution in [-0.4, -0.2) is 4.98 Å². The van der Waals surface area contributed by atoms with Crippen molar-refractivity contribution in [3.05, 3.63) is 43.1 Å². The van der Waals surface area contributed by atoms with Crippen molar-refractivity contribution >= 4 is 38.4 Å². The number of nitrogens with one attached hydrogen (secondary N) is 1. The number of benzene rings is 1. The number of pyridine rings is 1. The van der Waals surface area contributed by atoms with Gasteiger partial charge in [-0.2, -0.15) is 0 Å². The molecule has 0 saturated heterocycles. The molecule has 3 rings (SSSR count). The molecule has 1 aromatic heterocycles. The first-order valence-electron chi connectivity index (χ1n) is 6.19. The van der Waals surface area contributed by atoms with Crippen molar-refractivity contribution in [1.82, 2.24) is 4.98 Å². The van der Waals surface area contributed by atoms with E-state index in [2.05, 4.69) is 20.9 Å². The predicted octanol–water partition coefficient (Wildman–Crippen LogP) is 4.21. The molecule has 0 bridgehead atoms. The third kappa shape index (κ3) is 1.99. The van der Waals surface area contributed by atoms with E-state index in [4.69, 9.17) is 11.6 Å². The standard InChI is InChI=1S/C14H13BrClNO/c15-8-6-10-13(11(16)7-8)17-12-5-3-1-2-4-9(12)14(10)18/h6-7H,1-5H2,(H,17,18). The molecular formula is C14H13BrClNO. The van der Waals surface area contributed by atoms with E-state index in [-0.39, 0.29) is 5.43 Å². The number of hydrogen-bond donors (Lipinski definition) is 1. The van der Waals surface area contributed by atoms with Crippen molar-refractivity contribution in [1.29, 1.82) is 0 Å². The van der Waals surface area contributed by atoms with E-state index in [1.807, 2.05) is 12.1 Å². The fraction of sp³-hybridized carbons (Fsp3) is 0.357. The van der Waals surface area contributed by atoms with Crippen molar-refractivity contribution in [3.8, 4) is 0 Å². The molecule has 94 valence electrons. The fourth-order valence-electron chi connectivity index (χ4n) is 2.66. The summed E-state index contributed by atoms with van der Waals surface area (Å²) in [6.07, 6.45) is 5.26.